The van der Waals surface area contributed by atoms with Gasteiger partial charge < -0.3 is 0 Å². The number of rotatable bonds is 2. The van der Waals surface area contributed by atoms with Gasteiger partial charge in [-0.1, -0.05) is 5.46 Å². The molecule has 0 unspecified atom stereocenters. The highest BCUT2D eigenvalue weighted by molar-refractivity contribution is 6.35. The number of nitro groups is 1. The molecule has 6 heteroatoms. The van der Waals surface area contributed by atoms with E-state index in [0.717, 1.165) is 12.1 Å². The van der Waals surface area contributed by atoms with Crippen LogP contribution in [0.5, 0.6) is 0 Å². The van der Waals surface area contributed by atoms with Crippen molar-refractivity contribution in [3.05, 3.63) is 33.6 Å². The van der Waals surface area contributed by atoms with Crippen molar-refractivity contribution in [1.82, 2.24) is 0 Å². The van der Waals surface area contributed by atoms with E-state index in [2.05, 4.69) is 0 Å². The van der Waals surface area contributed by atoms with Crippen LogP contribution in [0.3, 0.4) is 0 Å². The number of benzene rings is 1. The molecule has 0 saturated heterocycles. The molecule has 0 aromatic heterocycles. The molecule has 0 atom stereocenters. The maximum absolute atomic E-state index is 12.8. The van der Waals surface area contributed by atoms with Crippen LogP contribution in [0, 0.1) is 15.9 Å². The van der Waals surface area contributed by atoms with Gasteiger partial charge in [0, 0.05) is 11.6 Å². The Morgan fingerprint density at radius 1 is 1.54 bits per heavy atom. The lowest BCUT2D eigenvalue weighted by Gasteiger charge is -1.99. The quantitative estimate of drug-likeness (QED) is 0.284. The second kappa shape index (κ2) is 3.34. The fraction of sp³-hybridized carbons (Fsp3) is 0. The molecule has 1 aromatic carbocycles. The Morgan fingerprint density at radius 3 is 2.62 bits per heavy atom. The van der Waals surface area contributed by atoms with E-state index in [4.69, 9.17) is 7.85 Å². The van der Waals surface area contributed by atoms with Crippen molar-refractivity contribution in [2.75, 3.05) is 0 Å². The fourth-order valence-corrected chi connectivity index (χ4v) is 0.835. The summed E-state index contributed by atoms with van der Waals surface area (Å²) in [6, 6.07) is 1.56. The van der Waals surface area contributed by atoms with Gasteiger partial charge in [0.25, 0.3) is 0 Å². The third kappa shape index (κ3) is 1.72. The molecule has 0 fully saturated rings. The molecule has 0 aliphatic carbocycles. The predicted molar refractivity (Wildman–Crippen MR) is 43.8 cm³/mol. The first kappa shape index (κ1) is 9.37. The van der Waals surface area contributed by atoms with Gasteiger partial charge in [0.15, 0.2) is 5.82 Å². The van der Waals surface area contributed by atoms with Crippen molar-refractivity contribution < 1.29 is 14.1 Å². The smallest absolute Gasteiger partial charge is 0.298 e. The summed E-state index contributed by atoms with van der Waals surface area (Å²) < 4.78 is 12.8. The molecule has 64 valence electrons. The molecule has 4 nitrogen and oxygen atoms in total. The Hall–Kier alpha value is -1.72. The zero-order valence-corrected chi connectivity index (χ0v) is 6.36. The van der Waals surface area contributed by atoms with Crippen LogP contribution in [0.2, 0.25) is 0 Å². The molecule has 1 aromatic rings. The van der Waals surface area contributed by atoms with E-state index in [1.165, 1.54) is 0 Å². The summed E-state index contributed by atoms with van der Waals surface area (Å²) >= 11 is 0. The SMILES string of the molecule is [B]c1cc(F)c([N+](=O)[O-])cc1C=O. The topological polar surface area (TPSA) is 60.2 Å². The van der Waals surface area contributed by atoms with Crippen LogP contribution >= 0.6 is 0 Å². The first-order valence-electron chi connectivity index (χ1n) is 3.25. The molecule has 0 amide bonds. The lowest BCUT2D eigenvalue weighted by atomic mass is 9.90. The van der Waals surface area contributed by atoms with Crippen molar-refractivity contribution in [3.8, 4) is 0 Å². The summed E-state index contributed by atoms with van der Waals surface area (Å²) in [4.78, 5) is 19.6. The molecular weight excluding hydrogens is 176 g/mol. The zero-order valence-electron chi connectivity index (χ0n) is 6.36. The van der Waals surface area contributed by atoms with Gasteiger partial charge in [-0.3, -0.25) is 14.9 Å². The van der Waals surface area contributed by atoms with E-state index in [9.17, 15) is 19.3 Å². The van der Waals surface area contributed by atoms with Gasteiger partial charge in [0.1, 0.15) is 14.1 Å². The van der Waals surface area contributed by atoms with Gasteiger partial charge in [0.05, 0.1) is 4.92 Å². The van der Waals surface area contributed by atoms with E-state index < -0.39 is 16.4 Å². The normalized spacial score (nSPS) is 9.62. The number of halogens is 1. The Balaban J connectivity index is 3.38. The van der Waals surface area contributed by atoms with Crippen molar-refractivity contribution in [2.45, 2.75) is 0 Å². The molecule has 0 N–H and O–H groups in total. The Morgan fingerprint density at radius 2 is 2.15 bits per heavy atom. The third-order valence-corrected chi connectivity index (χ3v) is 1.48. The minimum atomic E-state index is -1.05. The number of carbonyl (C=O) groups is 1. The first-order chi connectivity index (χ1) is 6.06. The maximum Gasteiger partial charge on any atom is 0.305 e. The van der Waals surface area contributed by atoms with Crippen molar-refractivity contribution in [3.63, 3.8) is 0 Å². The minimum absolute atomic E-state index is 0.0897. The van der Waals surface area contributed by atoms with Crippen LogP contribution in [0.25, 0.3) is 0 Å². The van der Waals surface area contributed by atoms with Gasteiger partial charge in [-0.05, 0) is 6.07 Å². The molecule has 0 aliphatic rings. The van der Waals surface area contributed by atoms with Gasteiger partial charge in [-0.25, -0.2) is 0 Å². The van der Waals surface area contributed by atoms with E-state index >= 15 is 0 Å². The molecule has 0 aliphatic heterocycles. The summed E-state index contributed by atoms with van der Waals surface area (Å²) in [7, 11) is 5.21. The van der Waals surface area contributed by atoms with Crippen molar-refractivity contribution in [1.29, 1.82) is 0 Å². The highest BCUT2D eigenvalue weighted by Gasteiger charge is 2.15. The number of nitro benzene ring substituents is 1. The largest absolute Gasteiger partial charge is 0.305 e. The van der Waals surface area contributed by atoms with E-state index in [1.54, 1.807) is 0 Å². The van der Waals surface area contributed by atoms with Crippen LogP contribution < -0.4 is 5.46 Å². The Labute approximate surface area is 73.9 Å². The summed E-state index contributed by atoms with van der Waals surface area (Å²) in [5.41, 5.74) is -0.956. The van der Waals surface area contributed by atoms with Gasteiger partial charge in [-0.15, -0.1) is 0 Å². The summed E-state index contributed by atoms with van der Waals surface area (Å²) in [6.07, 6.45) is 0.335. The molecule has 0 spiro atoms. The second-order valence-corrected chi connectivity index (χ2v) is 2.31. The lowest BCUT2D eigenvalue weighted by Crippen LogP contribution is -2.12. The van der Waals surface area contributed by atoms with E-state index in [1.807, 2.05) is 0 Å². The van der Waals surface area contributed by atoms with Gasteiger partial charge in [0.2, 0.25) is 0 Å². The summed E-state index contributed by atoms with van der Waals surface area (Å²) in [5.74, 6) is -1.05. The molecule has 0 bridgehead atoms. The minimum Gasteiger partial charge on any atom is -0.298 e. The first-order valence-corrected chi connectivity index (χ1v) is 3.25. The highest BCUT2D eigenvalue weighted by Crippen LogP contribution is 2.15. The predicted octanol–water partition coefficient (Wildman–Crippen LogP) is 0.340. The third-order valence-electron chi connectivity index (χ3n) is 1.48. The number of hydrogen-bond acceptors (Lipinski definition) is 3. The number of hydrogen-bond donors (Lipinski definition) is 0. The summed E-state index contributed by atoms with van der Waals surface area (Å²) in [5, 5.41) is 10.2. The van der Waals surface area contributed by atoms with Gasteiger partial charge in [-0.2, -0.15) is 4.39 Å². The maximum atomic E-state index is 12.8. The second-order valence-electron chi connectivity index (χ2n) is 2.31. The summed E-state index contributed by atoms with van der Waals surface area (Å²) in [6.45, 7) is 0. The Kier molecular flexibility index (Phi) is 2.41. The molecular formula is C7H3BFNO3. The molecule has 2 radical (unpaired) electrons. The number of nitrogens with zero attached hydrogens (tertiary/aromatic N) is 1. The zero-order chi connectivity index (χ0) is 10.0. The lowest BCUT2D eigenvalue weighted by molar-refractivity contribution is -0.387. The van der Waals surface area contributed by atoms with Crippen LogP contribution in [-0.2, 0) is 0 Å². The van der Waals surface area contributed by atoms with E-state index in [-0.39, 0.29) is 11.0 Å². The van der Waals surface area contributed by atoms with Crippen LogP contribution in [0.4, 0.5) is 10.1 Å². The van der Waals surface area contributed by atoms with Gasteiger partial charge >= 0.3 is 5.69 Å². The Bertz CT molecular complexity index is 380. The van der Waals surface area contributed by atoms with E-state index in [0.29, 0.717) is 6.29 Å². The number of aldehydes is 1. The standard InChI is InChI=1S/C7H3BFNO3/c8-5-2-6(9)7(10(12)13)1-4(5)3-11/h1-3H. The van der Waals surface area contributed by atoms with Crippen molar-refractivity contribution >= 4 is 25.3 Å². The monoisotopic (exact) mass is 179 g/mol. The van der Waals surface area contributed by atoms with Crippen molar-refractivity contribution in [2.24, 2.45) is 0 Å². The highest BCUT2D eigenvalue weighted by atomic mass is 19.1. The molecule has 1 rings (SSSR count). The molecule has 0 saturated carbocycles. The van der Waals surface area contributed by atoms with Crippen LogP contribution in [0.1, 0.15) is 10.4 Å². The fourth-order valence-electron chi connectivity index (χ4n) is 0.835. The molecule has 13 heavy (non-hydrogen) atoms. The van der Waals surface area contributed by atoms with Crippen LogP contribution in [-0.4, -0.2) is 19.1 Å². The average molecular weight is 179 g/mol. The average Bonchev–Trinajstić information content (AvgIpc) is 2.03. The number of carbonyl (C=O) groups excluding carboxylic acids is 1. The molecule has 0 heterocycles. The van der Waals surface area contributed by atoms with Crippen LogP contribution in [0.15, 0.2) is 12.1 Å².